The minimum atomic E-state index is -0.317. The highest BCUT2D eigenvalue weighted by molar-refractivity contribution is 5.14. The van der Waals surface area contributed by atoms with Gasteiger partial charge >= 0.3 is 0 Å². The molecular weight excluding hydrogens is 200 g/mol. The van der Waals surface area contributed by atoms with E-state index >= 15 is 0 Å². The predicted octanol–water partition coefficient (Wildman–Crippen LogP) is 1.22. The average Bonchev–Trinajstić information content (AvgIpc) is 2.16. The fourth-order valence-electron chi connectivity index (χ4n) is 1.83. The van der Waals surface area contributed by atoms with Crippen LogP contribution in [0, 0.1) is 0 Å². The van der Waals surface area contributed by atoms with Crippen LogP contribution in [0.15, 0.2) is 30.3 Å². The molecule has 1 aromatic rings. The van der Waals surface area contributed by atoms with Crippen molar-refractivity contribution < 1.29 is 5.11 Å². The molecule has 0 saturated heterocycles. The van der Waals surface area contributed by atoms with Gasteiger partial charge in [-0.05, 0) is 19.4 Å². The SMILES string of the molecule is CC(N)CN(Cc1ccccc1)CC(C)O. The van der Waals surface area contributed by atoms with E-state index in [-0.39, 0.29) is 12.1 Å². The molecule has 0 bridgehead atoms. The van der Waals surface area contributed by atoms with Gasteiger partial charge in [0.1, 0.15) is 0 Å². The molecule has 0 aromatic heterocycles. The fraction of sp³-hybridized carbons (Fsp3) is 0.538. The first-order valence-corrected chi connectivity index (χ1v) is 5.78. The van der Waals surface area contributed by atoms with Crippen LogP contribution in [0.4, 0.5) is 0 Å². The highest BCUT2D eigenvalue weighted by Crippen LogP contribution is 2.05. The van der Waals surface area contributed by atoms with Gasteiger partial charge in [0.25, 0.3) is 0 Å². The fourth-order valence-corrected chi connectivity index (χ4v) is 1.83. The van der Waals surface area contributed by atoms with Crippen molar-refractivity contribution in [1.29, 1.82) is 0 Å². The molecule has 0 radical (unpaired) electrons. The molecule has 90 valence electrons. The minimum Gasteiger partial charge on any atom is -0.392 e. The molecule has 0 heterocycles. The molecule has 2 atom stereocenters. The van der Waals surface area contributed by atoms with Crippen LogP contribution in [0.2, 0.25) is 0 Å². The van der Waals surface area contributed by atoms with E-state index in [2.05, 4.69) is 17.0 Å². The Hall–Kier alpha value is -0.900. The Kier molecular flexibility index (Phi) is 5.46. The van der Waals surface area contributed by atoms with E-state index < -0.39 is 0 Å². The first kappa shape index (κ1) is 13.2. The summed E-state index contributed by atoms with van der Waals surface area (Å²) in [5, 5.41) is 9.43. The van der Waals surface area contributed by atoms with Gasteiger partial charge in [-0.3, -0.25) is 4.90 Å². The van der Waals surface area contributed by atoms with Crippen molar-refractivity contribution in [3.63, 3.8) is 0 Å². The summed E-state index contributed by atoms with van der Waals surface area (Å²) in [4.78, 5) is 2.19. The molecule has 0 saturated carbocycles. The first-order valence-electron chi connectivity index (χ1n) is 5.78. The zero-order valence-electron chi connectivity index (χ0n) is 10.1. The number of aliphatic hydroxyl groups excluding tert-OH is 1. The van der Waals surface area contributed by atoms with Crippen molar-refractivity contribution in [3.05, 3.63) is 35.9 Å². The Morgan fingerprint density at radius 3 is 2.31 bits per heavy atom. The molecule has 0 aliphatic carbocycles. The summed E-state index contributed by atoms with van der Waals surface area (Å²) in [6.07, 6.45) is -0.317. The molecule has 0 amide bonds. The normalized spacial score (nSPS) is 15.1. The monoisotopic (exact) mass is 222 g/mol. The number of hydrogen-bond acceptors (Lipinski definition) is 3. The average molecular weight is 222 g/mol. The summed E-state index contributed by atoms with van der Waals surface area (Å²) in [7, 11) is 0. The van der Waals surface area contributed by atoms with Crippen LogP contribution < -0.4 is 5.73 Å². The lowest BCUT2D eigenvalue weighted by molar-refractivity contribution is 0.119. The standard InChI is InChI=1S/C13H22N2O/c1-11(14)8-15(9-12(2)16)10-13-6-4-3-5-7-13/h3-7,11-12,16H,8-10,14H2,1-2H3. The number of rotatable bonds is 6. The van der Waals surface area contributed by atoms with Crippen molar-refractivity contribution in [2.24, 2.45) is 5.73 Å². The molecule has 0 fully saturated rings. The summed E-state index contributed by atoms with van der Waals surface area (Å²) in [6, 6.07) is 10.4. The third-order valence-corrected chi connectivity index (χ3v) is 2.32. The van der Waals surface area contributed by atoms with Crippen molar-refractivity contribution in [1.82, 2.24) is 4.90 Å². The largest absolute Gasteiger partial charge is 0.392 e. The molecule has 3 N–H and O–H groups in total. The summed E-state index contributed by atoms with van der Waals surface area (Å²) < 4.78 is 0. The third-order valence-electron chi connectivity index (χ3n) is 2.32. The Morgan fingerprint density at radius 1 is 1.19 bits per heavy atom. The highest BCUT2D eigenvalue weighted by atomic mass is 16.3. The van der Waals surface area contributed by atoms with E-state index in [0.717, 1.165) is 13.1 Å². The second-order valence-corrected chi connectivity index (χ2v) is 4.51. The summed E-state index contributed by atoms with van der Waals surface area (Å²) in [6.45, 7) is 6.10. The second kappa shape index (κ2) is 6.63. The summed E-state index contributed by atoms with van der Waals surface area (Å²) in [5.74, 6) is 0. The zero-order valence-corrected chi connectivity index (χ0v) is 10.1. The summed E-state index contributed by atoms with van der Waals surface area (Å²) in [5.41, 5.74) is 7.05. The van der Waals surface area contributed by atoms with Gasteiger partial charge in [0.15, 0.2) is 0 Å². The quantitative estimate of drug-likeness (QED) is 0.761. The number of aliphatic hydroxyl groups is 1. The lowest BCUT2D eigenvalue weighted by Crippen LogP contribution is -2.38. The van der Waals surface area contributed by atoms with E-state index in [9.17, 15) is 5.11 Å². The second-order valence-electron chi connectivity index (χ2n) is 4.51. The van der Waals surface area contributed by atoms with E-state index in [4.69, 9.17) is 5.73 Å². The van der Waals surface area contributed by atoms with Gasteiger partial charge in [-0.1, -0.05) is 30.3 Å². The summed E-state index contributed by atoms with van der Waals surface area (Å²) >= 11 is 0. The van der Waals surface area contributed by atoms with Gasteiger partial charge in [-0.25, -0.2) is 0 Å². The Balaban J connectivity index is 2.56. The maximum atomic E-state index is 9.43. The van der Waals surface area contributed by atoms with Crippen LogP contribution in [0.25, 0.3) is 0 Å². The van der Waals surface area contributed by atoms with Crippen LogP contribution in [0.1, 0.15) is 19.4 Å². The van der Waals surface area contributed by atoms with E-state index in [0.29, 0.717) is 6.54 Å². The maximum Gasteiger partial charge on any atom is 0.0639 e. The van der Waals surface area contributed by atoms with Crippen LogP contribution in [0.5, 0.6) is 0 Å². The molecule has 0 aliphatic heterocycles. The molecule has 1 rings (SSSR count). The maximum absolute atomic E-state index is 9.43. The van der Waals surface area contributed by atoms with Crippen LogP contribution in [-0.2, 0) is 6.54 Å². The number of hydrogen-bond donors (Lipinski definition) is 2. The van der Waals surface area contributed by atoms with Gasteiger partial charge in [-0.15, -0.1) is 0 Å². The van der Waals surface area contributed by atoms with Crippen LogP contribution >= 0.6 is 0 Å². The lowest BCUT2D eigenvalue weighted by atomic mass is 10.2. The van der Waals surface area contributed by atoms with Gasteiger partial charge in [0, 0.05) is 25.7 Å². The number of nitrogens with zero attached hydrogens (tertiary/aromatic N) is 1. The third kappa shape index (κ3) is 5.26. The van der Waals surface area contributed by atoms with Crippen LogP contribution in [-0.4, -0.2) is 35.2 Å². The van der Waals surface area contributed by atoms with E-state index in [1.807, 2.05) is 25.1 Å². The molecule has 16 heavy (non-hydrogen) atoms. The molecule has 2 unspecified atom stereocenters. The van der Waals surface area contributed by atoms with Gasteiger partial charge in [0.2, 0.25) is 0 Å². The van der Waals surface area contributed by atoms with E-state index in [1.165, 1.54) is 5.56 Å². The van der Waals surface area contributed by atoms with Crippen molar-refractivity contribution in [3.8, 4) is 0 Å². The van der Waals surface area contributed by atoms with Gasteiger partial charge < -0.3 is 10.8 Å². The van der Waals surface area contributed by atoms with Crippen LogP contribution in [0.3, 0.4) is 0 Å². The van der Waals surface area contributed by atoms with Crippen molar-refractivity contribution in [2.75, 3.05) is 13.1 Å². The topological polar surface area (TPSA) is 49.5 Å². The van der Waals surface area contributed by atoms with E-state index in [1.54, 1.807) is 6.92 Å². The first-order chi connectivity index (χ1) is 7.58. The molecule has 0 spiro atoms. The van der Waals surface area contributed by atoms with Crippen molar-refractivity contribution in [2.45, 2.75) is 32.5 Å². The minimum absolute atomic E-state index is 0.127. The lowest BCUT2D eigenvalue weighted by Gasteiger charge is -2.25. The molecule has 1 aromatic carbocycles. The number of nitrogens with two attached hydrogens (primary N) is 1. The Bertz CT molecular complexity index is 275. The number of benzene rings is 1. The molecule has 3 heteroatoms. The molecule has 0 aliphatic rings. The van der Waals surface area contributed by atoms with Gasteiger partial charge in [-0.2, -0.15) is 0 Å². The highest BCUT2D eigenvalue weighted by Gasteiger charge is 2.10. The zero-order chi connectivity index (χ0) is 12.0. The Morgan fingerprint density at radius 2 is 1.81 bits per heavy atom. The molecular formula is C13H22N2O. The Labute approximate surface area is 97.9 Å². The molecule has 3 nitrogen and oxygen atoms in total. The van der Waals surface area contributed by atoms with Gasteiger partial charge in [0.05, 0.1) is 6.10 Å². The predicted molar refractivity (Wildman–Crippen MR) is 67.0 cm³/mol. The van der Waals surface area contributed by atoms with Crippen molar-refractivity contribution >= 4 is 0 Å². The smallest absolute Gasteiger partial charge is 0.0639 e.